The fourth-order valence-electron chi connectivity index (χ4n) is 6.00. The van der Waals surface area contributed by atoms with Crippen molar-refractivity contribution in [1.29, 1.82) is 10.5 Å². The number of rotatable bonds is 5. The van der Waals surface area contributed by atoms with Gasteiger partial charge in [-0.1, -0.05) is 71.8 Å². The maximum Gasteiger partial charge on any atom is 0.0991 e. The van der Waals surface area contributed by atoms with Crippen LogP contribution in [0.3, 0.4) is 0 Å². The first-order valence-electron chi connectivity index (χ1n) is 14.8. The third-order valence-electron chi connectivity index (χ3n) is 8.30. The van der Waals surface area contributed by atoms with Crippen LogP contribution in [0.1, 0.15) is 22.3 Å². The molecule has 0 aliphatic heterocycles. The van der Waals surface area contributed by atoms with E-state index in [2.05, 4.69) is 102 Å². The van der Waals surface area contributed by atoms with Crippen molar-refractivity contribution in [1.82, 2.24) is 9.13 Å². The van der Waals surface area contributed by atoms with Gasteiger partial charge < -0.3 is 14.9 Å². The molecule has 7 aromatic rings. The van der Waals surface area contributed by atoms with Crippen LogP contribution in [-0.4, -0.2) is 9.13 Å². The number of hydrogen-bond donors (Lipinski definition) is 1. The largest absolute Gasteiger partial charge is 0.399 e. The van der Waals surface area contributed by atoms with Gasteiger partial charge in [0.15, 0.2) is 0 Å². The van der Waals surface area contributed by atoms with Gasteiger partial charge in [-0.25, -0.2) is 0 Å². The highest BCUT2D eigenvalue weighted by Crippen LogP contribution is 2.46. The van der Waals surface area contributed by atoms with Crippen molar-refractivity contribution in [2.75, 3.05) is 5.73 Å². The number of aromatic nitrogens is 2. The summed E-state index contributed by atoms with van der Waals surface area (Å²) in [4.78, 5) is 0. The minimum atomic E-state index is 0.609. The average molecular weight is 580 g/mol. The highest BCUT2D eigenvalue weighted by molar-refractivity contribution is 6.07. The van der Waals surface area contributed by atoms with Crippen LogP contribution in [0.2, 0.25) is 0 Å². The SMILES string of the molecule is Cc1ccc(-n2c(-c3ccc(C#N)cc3)c(-c3ccc(N)cc3)c3c2cc(-c2ccc(C#N)cc2)n3-c2ccc(C)cc2)cc1. The van der Waals surface area contributed by atoms with Crippen LogP contribution in [0.25, 0.3) is 56.0 Å². The lowest BCUT2D eigenvalue weighted by atomic mass is 9.99. The molecule has 0 bridgehead atoms. The maximum absolute atomic E-state index is 9.56. The van der Waals surface area contributed by atoms with E-state index in [1.54, 1.807) is 0 Å². The molecule has 5 nitrogen and oxygen atoms in total. The molecular formula is C40H29N5. The van der Waals surface area contributed by atoms with Gasteiger partial charge in [0.05, 0.1) is 45.7 Å². The minimum Gasteiger partial charge on any atom is -0.399 e. The third-order valence-corrected chi connectivity index (χ3v) is 8.30. The predicted molar refractivity (Wildman–Crippen MR) is 182 cm³/mol. The summed E-state index contributed by atoms with van der Waals surface area (Å²) in [5, 5.41) is 19.1. The molecule has 0 saturated heterocycles. The van der Waals surface area contributed by atoms with Crippen LogP contribution >= 0.6 is 0 Å². The average Bonchev–Trinajstić information content (AvgIpc) is 3.61. The highest BCUT2D eigenvalue weighted by atomic mass is 15.1. The topological polar surface area (TPSA) is 83.5 Å². The summed E-state index contributed by atoms with van der Waals surface area (Å²) in [6.07, 6.45) is 0. The summed E-state index contributed by atoms with van der Waals surface area (Å²) in [7, 11) is 0. The molecular weight excluding hydrogens is 550 g/mol. The summed E-state index contributed by atoms with van der Waals surface area (Å²) in [6, 6.07) is 47.4. The zero-order valence-electron chi connectivity index (χ0n) is 25.0. The zero-order chi connectivity index (χ0) is 31.1. The Kier molecular flexibility index (Phi) is 6.78. The van der Waals surface area contributed by atoms with E-state index in [9.17, 15) is 10.5 Å². The van der Waals surface area contributed by atoms with Crippen LogP contribution < -0.4 is 5.73 Å². The molecule has 0 spiro atoms. The summed E-state index contributed by atoms with van der Waals surface area (Å²) < 4.78 is 4.64. The molecule has 0 aliphatic rings. The Morgan fingerprint density at radius 1 is 0.533 bits per heavy atom. The zero-order valence-corrected chi connectivity index (χ0v) is 25.0. The Morgan fingerprint density at radius 2 is 1.00 bits per heavy atom. The predicted octanol–water partition coefficient (Wildman–Crippen LogP) is 9.36. The molecule has 5 heteroatoms. The molecule has 2 aromatic heterocycles. The molecule has 0 amide bonds. The lowest BCUT2D eigenvalue weighted by Gasteiger charge is -2.16. The number of anilines is 1. The van der Waals surface area contributed by atoms with Crippen LogP contribution in [0.15, 0.2) is 127 Å². The van der Waals surface area contributed by atoms with Gasteiger partial charge in [-0.3, -0.25) is 0 Å². The molecule has 45 heavy (non-hydrogen) atoms. The van der Waals surface area contributed by atoms with E-state index in [4.69, 9.17) is 5.73 Å². The Balaban J connectivity index is 1.68. The van der Waals surface area contributed by atoms with E-state index in [0.717, 1.165) is 56.0 Å². The summed E-state index contributed by atoms with van der Waals surface area (Å²) in [5.41, 5.74) is 20.7. The molecule has 0 radical (unpaired) electrons. The van der Waals surface area contributed by atoms with E-state index in [-0.39, 0.29) is 0 Å². The van der Waals surface area contributed by atoms with Crippen LogP contribution in [-0.2, 0) is 0 Å². The van der Waals surface area contributed by atoms with Crippen molar-refractivity contribution in [3.63, 3.8) is 0 Å². The quantitative estimate of drug-likeness (QED) is 0.206. The molecule has 5 aromatic carbocycles. The molecule has 0 fully saturated rings. The van der Waals surface area contributed by atoms with Gasteiger partial charge in [-0.15, -0.1) is 0 Å². The van der Waals surface area contributed by atoms with Crippen molar-refractivity contribution in [3.05, 3.63) is 150 Å². The number of nitrogen functional groups attached to an aromatic ring is 1. The van der Waals surface area contributed by atoms with Crippen molar-refractivity contribution >= 4 is 16.7 Å². The van der Waals surface area contributed by atoms with Crippen LogP contribution in [0.4, 0.5) is 5.69 Å². The fraction of sp³-hybridized carbons (Fsp3) is 0.0500. The number of hydrogen-bond acceptors (Lipinski definition) is 3. The van der Waals surface area contributed by atoms with E-state index in [0.29, 0.717) is 16.8 Å². The first-order valence-corrected chi connectivity index (χ1v) is 14.8. The molecule has 0 unspecified atom stereocenters. The molecule has 0 saturated carbocycles. The molecule has 214 valence electrons. The summed E-state index contributed by atoms with van der Waals surface area (Å²) >= 11 is 0. The highest BCUT2D eigenvalue weighted by Gasteiger charge is 2.27. The van der Waals surface area contributed by atoms with Gasteiger partial charge >= 0.3 is 0 Å². The van der Waals surface area contributed by atoms with Crippen LogP contribution in [0.5, 0.6) is 0 Å². The van der Waals surface area contributed by atoms with Gasteiger partial charge in [0, 0.05) is 22.6 Å². The van der Waals surface area contributed by atoms with Gasteiger partial charge in [0.2, 0.25) is 0 Å². The van der Waals surface area contributed by atoms with E-state index >= 15 is 0 Å². The number of nitrogens with zero attached hydrogens (tertiary/aromatic N) is 4. The Morgan fingerprint density at radius 3 is 1.51 bits per heavy atom. The third kappa shape index (κ3) is 4.83. The number of benzene rings is 5. The number of fused-ring (bicyclic) bond motifs is 1. The van der Waals surface area contributed by atoms with Gasteiger partial charge in [-0.05, 0) is 97.3 Å². The lowest BCUT2D eigenvalue weighted by Crippen LogP contribution is -2.00. The standard InChI is InChI=1S/C40H29N5/c1-26-3-19-34(20-4-26)44-36(30-11-7-28(24-41)8-12-30)23-37-40(44)38(31-15-17-33(43)18-16-31)39(32-13-9-29(25-42)10-14-32)45(37)35-21-5-27(2)6-22-35/h3-23H,43H2,1-2H3. The van der Waals surface area contributed by atoms with Crippen molar-refractivity contribution in [2.24, 2.45) is 0 Å². The maximum atomic E-state index is 9.56. The smallest absolute Gasteiger partial charge is 0.0991 e. The first-order chi connectivity index (χ1) is 21.9. The van der Waals surface area contributed by atoms with Crippen molar-refractivity contribution in [2.45, 2.75) is 13.8 Å². The normalized spacial score (nSPS) is 10.9. The Bertz CT molecular complexity index is 2210. The molecule has 0 aliphatic carbocycles. The number of nitriles is 2. The Hall–Kier alpha value is -6.30. The molecule has 2 heterocycles. The van der Waals surface area contributed by atoms with E-state index < -0.39 is 0 Å². The fourth-order valence-corrected chi connectivity index (χ4v) is 6.00. The number of nitrogens with two attached hydrogens (primary N) is 1. The molecule has 2 N–H and O–H groups in total. The van der Waals surface area contributed by atoms with Gasteiger partial charge in [0.1, 0.15) is 0 Å². The second-order valence-electron chi connectivity index (χ2n) is 11.3. The summed E-state index contributed by atoms with van der Waals surface area (Å²) in [6.45, 7) is 4.18. The van der Waals surface area contributed by atoms with E-state index in [1.807, 2.05) is 60.7 Å². The monoisotopic (exact) mass is 579 g/mol. The van der Waals surface area contributed by atoms with Gasteiger partial charge in [-0.2, -0.15) is 10.5 Å². The second kappa shape index (κ2) is 11.1. The van der Waals surface area contributed by atoms with Crippen LogP contribution in [0, 0.1) is 36.5 Å². The lowest BCUT2D eigenvalue weighted by molar-refractivity contribution is 1.13. The minimum absolute atomic E-state index is 0.609. The van der Waals surface area contributed by atoms with Crippen molar-refractivity contribution < 1.29 is 0 Å². The first kappa shape index (κ1) is 27.5. The van der Waals surface area contributed by atoms with Crippen molar-refractivity contribution in [3.8, 4) is 57.2 Å². The Labute approximate surface area is 262 Å². The van der Waals surface area contributed by atoms with E-state index in [1.165, 1.54) is 11.1 Å². The number of aryl methyl sites for hydroxylation is 2. The second-order valence-corrected chi connectivity index (χ2v) is 11.3. The molecule has 0 atom stereocenters. The summed E-state index contributed by atoms with van der Waals surface area (Å²) in [5.74, 6) is 0. The molecule has 7 rings (SSSR count). The van der Waals surface area contributed by atoms with Gasteiger partial charge in [0.25, 0.3) is 0 Å².